The summed E-state index contributed by atoms with van der Waals surface area (Å²) < 4.78 is 11.6. The lowest BCUT2D eigenvalue weighted by Crippen LogP contribution is -1.93. The van der Waals surface area contributed by atoms with Crippen LogP contribution in [0.1, 0.15) is 0 Å². The van der Waals surface area contributed by atoms with Crippen molar-refractivity contribution >= 4 is 86.6 Å². The number of para-hydroxylation sites is 3. The summed E-state index contributed by atoms with van der Waals surface area (Å²) in [5.74, 6) is 0. The summed E-state index contributed by atoms with van der Waals surface area (Å²) in [6, 6.07) is 54.0. The highest BCUT2D eigenvalue weighted by atomic mass is 32.1. The van der Waals surface area contributed by atoms with E-state index in [4.69, 9.17) is 4.42 Å². The normalized spacial score (nSPS) is 11.9. The first-order valence-corrected chi connectivity index (χ1v) is 16.3. The number of fused-ring (bicyclic) bond motifs is 9. The van der Waals surface area contributed by atoms with Crippen LogP contribution in [0.3, 0.4) is 0 Å². The Bertz CT molecular complexity index is 2730. The molecule has 10 aromatic rings. The Kier molecular flexibility index (Phi) is 5.45. The van der Waals surface area contributed by atoms with E-state index in [1.54, 1.807) is 0 Å². The van der Waals surface area contributed by atoms with Gasteiger partial charge in [0.25, 0.3) is 0 Å². The number of rotatable bonds is 4. The van der Waals surface area contributed by atoms with Crippen molar-refractivity contribution in [1.29, 1.82) is 0 Å². The molecule has 3 aromatic heterocycles. The van der Waals surface area contributed by atoms with Gasteiger partial charge in [-0.25, -0.2) is 0 Å². The van der Waals surface area contributed by atoms with E-state index < -0.39 is 0 Å². The topological polar surface area (TPSA) is 30.1 Å². The van der Waals surface area contributed by atoms with E-state index in [0.29, 0.717) is 0 Å². The molecule has 0 saturated carbocycles. The van der Waals surface area contributed by atoms with Crippen molar-refractivity contribution in [2.75, 3.05) is 5.32 Å². The summed E-state index contributed by atoms with van der Waals surface area (Å²) in [4.78, 5) is 0. The van der Waals surface area contributed by atoms with E-state index in [1.807, 2.05) is 11.3 Å². The van der Waals surface area contributed by atoms with Crippen LogP contribution in [0.2, 0.25) is 0 Å². The van der Waals surface area contributed by atoms with Gasteiger partial charge in [-0.1, -0.05) is 109 Å². The number of hydrogen-bond donors (Lipinski definition) is 1. The Morgan fingerprint density at radius 1 is 0.500 bits per heavy atom. The van der Waals surface area contributed by atoms with Crippen LogP contribution in [0.4, 0.5) is 11.4 Å². The Morgan fingerprint density at radius 3 is 1.96 bits per heavy atom. The van der Waals surface area contributed by atoms with Gasteiger partial charge >= 0.3 is 0 Å². The molecule has 0 fully saturated rings. The van der Waals surface area contributed by atoms with Crippen LogP contribution in [-0.4, -0.2) is 4.57 Å². The van der Waals surface area contributed by atoms with Crippen LogP contribution >= 0.6 is 11.3 Å². The zero-order chi connectivity index (χ0) is 30.2. The molecule has 0 bridgehead atoms. The van der Waals surface area contributed by atoms with Crippen LogP contribution in [0, 0.1) is 0 Å². The summed E-state index contributed by atoms with van der Waals surface area (Å²) in [6.45, 7) is 0. The fraction of sp³-hybridized carbons (Fsp3) is 0. The monoisotopic (exact) mass is 606 g/mol. The van der Waals surface area contributed by atoms with E-state index in [-0.39, 0.29) is 0 Å². The zero-order valence-corrected chi connectivity index (χ0v) is 25.5. The quantitative estimate of drug-likeness (QED) is 0.216. The molecular weight excluding hydrogens is 581 g/mol. The zero-order valence-electron chi connectivity index (χ0n) is 24.7. The van der Waals surface area contributed by atoms with Crippen molar-refractivity contribution in [3.05, 3.63) is 152 Å². The second-order valence-corrected chi connectivity index (χ2v) is 12.8. The fourth-order valence-electron chi connectivity index (χ4n) is 7.14. The Labute approximate surface area is 268 Å². The van der Waals surface area contributed by atoms with Gasteiger partial charge in [0.2, 0.25) is 0 Å². The Balaban J connectivity index is 1.11. The molecule has 7 aromatic carbocycles. The van der Waals surface area contributed by atoms with Crippen LogP contribution in [0.5, 0.6) is 0 Å². The number of benzene rings is 7. The lowest BCUT2D eigenvalue weighted by atomic mass is 10.0. The molecule has 0 saturated heterocycles. The third-order valence-electron chi connectivity index (χ3n) is 9.19. The lowest BCUT2D eigenvalue weighted by Gasteiger charge is -2.08. The van der Waals surface area contributed by atoms with Gasteiger partial charge in [-0.2, -0.15) is 0 Å². The fourth-order valence-corrected chi connectivity index (χ4v) is 8.44. The average molecular weight is 607 g/mol. The van der Waals surface area contributed by atoms with E-state index in [1.165, 1.54) is 53.1 Å². The summed E-state index contributed by atoms with van der Waals surface area (Å²) in [6.07, 6.45) is 0. The van der Waals surface area contributed by atoms with Crippen molar-refractivity contribution in [1.82, 2.24) is 4.57 Å². The van der Waals surface area contributed by atoms with Crippen LogP contribution in [0.15, 0.2) is 156 Å². The molecule has 0 aliphatic heterocycles. The van der Waals surface area contributed by atoms with Crippen LogP contribution in [-0.2, 0) is 0 Å². The molecule has 0 aliphatic rings. The van der Waals surface area contributed by atoms with Crippen molar-refractivity contribution in [3.8, 4) is 16.8 Å². The van der Waals surface area contributed by atoms with Gasteiger partial charge < -0.3 is 14.3 Å². The van der Waals surface area contributed by atoms with Gasteiger partial charge in [0.05, 0.1) is 27.1 Å². The smallest absolute Gasteiger partial charge is 0.159 e. The third-order valence-corrected chi connectivity index (χ3v) is 10.5. The number of aromatic nitrogens is 1. The first-order chi connectivity index (χ1) is 22.8. The van der Waals surface area contributed by atoms with Crippen molar-refractivity contribution < 1.29 is 4.42 Å². The van der Waals surface area contributed by atoms with Gasteiger partial charge in [-0.3, -0.25) is 0 Å². The lowest BCUT2D eigenvalue weighted by molar-refractivity contribution is 0.666. The summed E-state index contributed by atoms with van der Waals surface area (Å²) in [5.41, 5.74) is 9.75. The van der Waals surface area contributed by atoms with Crippen molar-refractivity contribution in [2.45, 2.75) is 0 Å². The summed E-state index contributed by atoms with van der Waals surface area (Å²) in [7, 11) is 0. The third kappa shape index (κ3) is 3.71. The van der Waals surface area contributed by atoms with Gasteiger partial charge in [0, 0.05) is 48.8 Å². The number of anilines is 2. The van der Waals surface area contributed by atoms with E-state index in [0.717, 1.165) is 39.0 Å². The molecule has 0 aliphatic carbocycles. The van der Waals surface area contributed by atoms with Crippen LogP contribution < -0.4 is 5.32 Å². The molecule has 0 atom stereocenters. The van der Waals surface area contributed by atoms with Crippen molar-refractivity contribution in [3.63, 3.8) is 0 Å². The van der Waals surface area contributed by atoms with E-state index in [2.05, 4.69) is 162 Å². The van der Waals surface area contributed by atoms with Gasteiger partial charge in [0.1, 0.15) is 5.58 Å². The highest BCUT2D eigenvalue weighted by molar-refractivity contribution is 7.27. The minimum absolute atomic E-state index is 0.864. The van der Waals surface area contributed by atoms with E-state index in [9.17, 15) is 0 Å². The first-order valence-electron chi connectivity index (χ1n) is 15.5. The van der Waals surface area contributed by atoms with Gasteiger partial charge in [-0.15, -0.1) is 11.3 Å². The highest BCUT2D eigenvalue weighted by Gasteiger charge is 2.18. The molecule has 0 spiro atoms. The molecule has 3 nitrogen and oxygen atoms in total. The van der Waals surface area contributed by atoms with Crippen LogP contribution in [0.25, 0.3) is 80.7 Å². The highest BCUT2D eigenvalue weighted by Crippen LogP contribution is 2.44. The Morgan fingerprint density at radius 2 is 1.15 bits per heavy atom. The number of nitrogens with one attached hydrogen (secondary N) is 1. The molecule has 1 N–H and O–H groups in total. The minimum atomic E-state index is 0.864. The van der Waals surface area contributed by atoms with Gasteiger partial charge in [-0.05, 0) is 47.5 Å². The Hall–Kier alpha value is -5.84. The molecule has 46 heavy (non-hydrogen) atoms. The average Bonchev–Trinajstić information content (AvgIpc) is 3.79. The molecule has 4 heteroatoms. The number of nitrogens with zero attached hydrogens (tertiary/aromatic N) is 1. The molecule has 3 heterocycles. The maximum atomic E-state index is 6.73. The summed E-state index contributed by atoms with van der Waals surface area (Å²) in [5, 5.41) is 11.0. The second kappa shape index (κ2) is 9.83. The molecule has 0 unspecified atom stereocenters. The standard InChI is InChI=1S/C42H26N2OS/c1-2-11-26(12-3-1)28-15-8-17-33-34-18-9-19-35(42(34)46-41(28)33)43-27-23-24-31-32-16-10-22-38(40(32)45-39(31)25-27)44-36-20-6-4-13-29(36)30-14-5-7-21-37(30)44/h1-25,43H. The molecular formula is C42H26N2OS. The first kappa shape index (κ1) is 25.5. The molecule has 216 valence electrons. The van der Waals surface area contributed by atoms with Gasteiger partial charge in [0.15, 0.2) is 5.58 Å². The number of furan rings is 1. The summed E-state index contributed by atoms with van der Waals surface area (Å²) >= 11 is 1.85. The maximum Gasteiger partial charge on any atom is 0.159 e. The number of thiophene rings is 1. The predicted molar refractivity (Wildman–Crippen MR) is 196 cm³/mol. The minimum Gasteiger partial charge on any atom is -0.454 e. The number of hydrogen-bond acceptors (Lipinski definition) is 3. The SMILES string of the molecule is c1ccc(-c2cccc3c2sc2c(Nc4ccc5c(c4)oc4c(-n6c7ccccc7c7ccccc76)cccc45)cccc23)cc1. The second-order valence-electron chi connectivity index (χ2n) is 11.8. The van der Waals surface area contributed by atoms with E-state index >= 15 is 0 Å². The molecule has 0 radical (unpaired) electrons. The largest absolute Gasteiger partial charge is 0.454 e. The van der Waals surface area contributed by atoms with Crippen molar-refractivity contribution in [2.24, 2.45) is 0 Å². The maximum absolute atomic E-state index is 6.73. The molecule has 10 rings (SSSR count). The predicted octanol–water partition coefficient (Wildman–Crippen LogP) is 12.5. The molecule has 0 amide bonds.